The molecule has 26 heavy (non-hydrogen) atoms. The molecule has 0 saturated carbocycles. The molecule has 0 radical (unpaired) electrons. The Morgan fingerprint density at radius 2 is 1.65 bits per heavy atom. The predicted molar refractivity (Wildman–Crippen MR) is 110 cm³/mol. The number of nitriles is 1. The summed E-state index contributed by atoms with van der Waals surface area (Å²) in [5, 5.41) is 10.7. The van der Waals surface area contributed by atoms with Gasteiger partial charge in [-0.15, -0.1) is 0 Å². The lowest BCUT2D eigenvalue weighted by atomic mass is 9.98. The summed E-state index contributed by atoms with van der Waals surface area (Å²) < 4.78 is 0.992. The van der Waals surface area contributed by atoms with Gasteiger partial charge in [0.15, 0.2) is 0 Å². The van der Waals surface area contributed by atoms with E-state index in [2.05, 4.69) is 34.1 Å². The van der Waals surface area contributed by atoms with E-state index in [-0.39, 0.29) is 0 Å². The normalized spacial score (nSPS) is 10.7. The van der Waals surface area contributed by atoms with E-state index in [1.54, 1.807) is 12.1 Å². The number of rotatable bonds is 2. The highest BCUT2D eigenvalue weighted by Gasteiger charge is 2.12. The van der Waals surface area contributed by atoms with E-state index in [1.807, 2.05) is 48.5 Å². The Morgan fingerprint density at radius 1 is 0.885 bits per heavy atom. The van der Waals surface area contributed by atoms with Crippen molar-refractivity contribution in [1.29, 1.82) is 5.26 Å². The molecule has 0 spiro atoms. The minimum atomic E-state index is 0.629. The number of aromatic nitrogens is 1. The predicted octanol–water partition coefficient (Wildman–Crippen LogP) is 6.86. The number of hydrogen-bond acceptors (Lipinski definition) is 2. The molecule has 0 aliphatic heterocycles. The molecule has 4 aromatic rings. The van der Waals surface area contributed by atoms with Crippen LogP contribution in [0.3, 0.4) is 0 Å². The van der Waals surface area contributed by atoms with Crippen molar-refractivity contribution in [3.05, 3.63) is 87.9 Å². The summed E-state index contributed by atoms with van der Waals surface area (Å²) >= 11 is 10.0. The van der Waals surface area contributed by atoms with Crippen LogP contribution >= 0.6 is 27.5 Å². The molecule has 124 valence electrons. The molecule has 0 atom stereocenters. The fourth-order valence-corrected chi connectivity index (χ4v) is 3.56. The van der Waals surface area contributed by atoms with Gasteiger partial charge in [-0.3, -0.25) is 0 Å². The lowest BCUT2D eigenvalue weighted by Crippen LogP contribution is -1.91. The fourth-order valence-electron chi connectivity index (χ4n) is 2.96. The van der Waals surface area contributed by atoms with E-state index in [9.17, 15) is 0 Å². The molecule has 0 aliphatic carbocycles. The van der Waals surface area contributed by atoms with E-state index in [4.69, 9.17) is 21.8 Å². The fraction of sp³-hybridized carbons (Fsp3) is 0. The molecule has 0 N–H and O–H groups in total. The van der Waals surface area contributed by atoms with Gasteiger partial charge >= 0.3 is 0 Å². The second-order valence-corrected chi connectivity index (χ2v) is 7.21. The number of halogens is 2. The molecule has 0 saturated heterocycles. The summed E-state index contributed by atoms with van der Waals surface area (Å²) in [6, 6.07) is 25.5. The third-order valence-electron chi connectivity index (χ3n) is 4.24. The quantitative estimate of drug-likeness (QED) is 0.356. The first-order valence-corrected chi connectivity index (χ1v) is 9.18. The standard InChI is InChI=1S/C22H12BrClN2/c23-16-9-10-21-19(11-16)18(17-3-1-2-4-20(17)24)12-22(26-21)15-7-5-14(13-25)6-8-15/h1-12H. The van der Waals surface area contributed by atoms with Crippen molar-refractivity contribution < 1.29 is 0 Å². The minimum Gasteiger partial charge on any atom is -0.248 e. The lowest BCUT2D eigenvalue weighted by molar-refractivity contribution is 1.39. The van der Waals surface area contributed by atoms with Crippen LogP contribution in [-0.4, -0.2) is 4.98 Å². The van der Waals surface area contributed by atoms with Crippen molar-refractivity contribution in [2.75, 3.05) is 0 Å². The molecule has 0 fully saturated rings. The van der Waals surface area contributed by atoms with Gasteiger partial charge in [-0.1, -0.05) is 57.9 Å². The third-order valence-corrected chi connectivity index (χ3v) is 5.07. The molecule has 2 nitrogen and oxygen atoms in total. The van der Waals surface area contributed by atoms with Gasteiger partial charge in [-0.2, -0.15) is 5.26 Å². The summed E-state index contributed by atoms with van der Waals surface area (Å²) in [7, 11) is 0. The van der Waals surface area contributed by atoms with Gasteiger partial charge in [0.05, 0.1) is 22.8 Å². The van der Waals surface area contributed by atoms with Crippen molar-refractivity contribution in [2.45, 2.75) is 0 Å². The lowest BCUT2D eigenvalue weighted by Gasteiger charge is -2.12. The van der Waals surface area contributed by atoms with Gasteiger partial charge in [-0.25, -0.2) is 4.98 Å². The van der Waals surface area contributed by atoms with E-state index in [0.29, 0.717) is 10.6 Å². The van der Waals surface area contributed by atoms with E-state index in [0.717, 1.165) is 37.8 Å². The van der Waals surface area contributed by atoms with Crippen LogP contribution in [0, 0.1) is 11.3 Å². The smallest absolute Gasteiger partial charge is 0.0991 e. The molecular formula is C22H12BrClN2. The van der Waals surface area contributed by atoms with E-state index >= 15 is 0 Å². The van der Waals surface area contributed by atoms with Gasteiger partial charge < -0.3 is 0 Å². The van der Waals surface area contributed by atoms with Crippen molar-refractivity contribution in [2.24, 2.45) is 0 Å². The zero-order valence-electron chi connectivity index (χ0n) is 13.6. The number of nitrogens with zero attached hydrogens (tertiary/aromatic N) is 2. The van der Waals surface area contributed by atoms with Crippen LogP contribution in [-0.2, 0) is 0 Å². The summed E-state index contributed by atoms with van der Waals surface area (Å²) in [6.45, 7) is 0. The van der Waals surface area contributed by atoms with Crippen LogP contribution in [0.15, 0.2) is 77.3 Å². The highest BCUT2D eigenvalue weighted by atomic mass is 79.9. The molecule has 0 amide bonds. The average Bonchev–Trinajstić information content (AvgIpc) is 2.68. The van der Waals surface area contributed by atoms with Crippen molar-refractivity contribution in [1.82, 2.24) is 4.98 Å². The van der Waals surface area contributed by atoms with Crippen LogP contribution in [0.4, 0.5) is 0 Å². The number of benzene rings is 3. The highest BCUT2D eigenvalue weighted by molar-refractivity contribution is 9.10. The monoisotopic (exact) mass is 418 g/mol. The number of pyridine rings is 1. The van der Waals surface area contributed by atoms with Gasteiger partial charge in [0.1, 0.15) is 0 Å². The summed E-state index contributed by atoms with van der Waals surface area (Å²) in [5.41, 5.74) is 5.33. The van der Waals surface area contributed by atoms with Crippen molar-refractivity contribution >= 4 is 38.4 Å². The molecule has 4 heteroatoms. The van der Waals surface area contributed by atoms with Gasteiger partial charge in [0, 0.05) is 26.0 Å². The molecular weight excluding hydrogens is 408 g/mol. The largest absolute Gasteiger partial charge is 0.248 e. The van der Waals surface area contributed by atoms with Crippen molar-refractivity contribution in [3.8, 4) is 28.5 Å². The summed E-state index contributed by atoms with van der Waals surface area (Å²) in [4.78, 5) is 4.81. The average molecular weight is 420 g/mol. The minimum absolute atomic E-state index is 0.629. The molecule has 1 aromatic heterocycles. The van der Waals surface area contributed by atoms with Gasteiger partial charge in [-0.05, 0) is 48.0 Å². The zero-order chi connectivity index (χ0) is 18.1. The first kappa shape index (κ1) is 16.8. The van der Waals surface area contributed by atoms with Crippen LogP contribution < -0.4 is 0 Å². The molecule has 0 aliphatic rings. The molecule has 0 unspecified atom stereocenters. The number of hydrogen-bond donors (Lipinski definition) is 0. The maximum absolute atomic E-state index is 9.00. The SMILES string of the molecule is N#Cc1ccc(-c2cc(-c3ccccc3Cl)c3cc(Br)ccc3n2)cc1. The second kappa shape index (κ2) is 6.92. The first-order valence-electron chi connectivity index (χ1n) is 8.01. The summed E-state index contributed by atoms with van der Waals surface area (Å²) in [6.07, 6.45) is 0. The van der Waals surface area contributed by atoms with Crippen LogP contribution in [0.25, 0.3) is 33.3 Å². The van der Waals surface area contributed by atoms with E-state index in [1.165, 1.54) is 0 Å². The zero-order valence-corrected chi connectivity index (χ0v) is 15.9. The Bertz CT molecular complexity index is 1160. The molecule has 1 heterocycles. The van der Waals surface area contributed by atoms with Crippen LogP contribution in [0.1, 0.15) is 5.56 Å². The molecule has 3 aromatic carbocycles. The molecule has 4 rings (SSSR count). The Morgan fingerprint density at radius 3 is 2.38 bits per heavy atom. The van der Waals surface area contributed by atoms with Crippen molar-refractivity contribution in [3.63, 3.8) is 0 Å². The van der Waals surface area contributed by atoms with Crippen LogP contribution in [0.2, 0.25) is 5.02 Å². The number of fused-ring (bicyclic) bond motifs is 1. The highest BCUT2D eigenvalue weighted by Crippen LogP contribution is 2.36. The second-order valence-electron chi connectivity index (χ2n) is 5.89. The first-order chi connectivity index (χ1) is 12.7. The maximum Gasteiger partial charge on any atom is 0.0991 e. The maximum atomic E-state index is 9.00. The van der Waals surface area contributed by atoms with Gasteiger partial charge in [0.2, 0.25) is 0 Å². The Kier molecular flexibility index (Phi) is 4.46. The van der Waals surface area contributed by atoms with Gasteiger partial charge in [0.25, 0.3) is 0 Å². The molecule has 0 bridgehead atoms. The Balaban J connectivity index is 2.00. The summed E-state index contributed by atoms with van der Waals surface area (Å²) in [5.74, 6) is 0. The van der Waals surface area contributed by atoms with E-state index < -0.39 is 0 Å². The Hall–Kier alpha value is -2.67. The van der Waals surface area contributed by atoms with Crippen LogP contribution in [0.5, 0.6) is 0 Å². The topological polar surface area (TPSA) is 36.7 Å². The Labute approximate surface area is 164 Å². The third kappa shape index (κ3) is 3.10.